The maximum atomic E-state index is 11.8. The third kappa shape index (κ3) is 2.69. The van der Waals surface area contributed by atoms with Crippen molar-refractivity contribution in [3.05, 3.63) is 70.6 Å². The number of H-pyrrole nitrogens is 1. The zero-order chi connectivity index (χ0) is 14.8. The van der Waals surface area contributed by atoms with Crippen LogP contribution in [-0.4, -0.2) is 9.97 Å². The molecule has 1 heterocycles. The first kappa shape index (κ1) is 13.1. The van der Waals surface area contributed by atoms with Crippen LogP contribution in [0.15, 0.2) is 59.4 Å². The number of hydrogen-bond acceptors (Lipinski definition) is 3. The fourth-order valence-electron chi connectivity index (χ4n) is 2.21. The van der Waals surface area contributed by atoms with Gasteiger partial charge in [-0.15, -0.1) is 0 Å². The summed E-state index contributed by atoms with van der Waals surface area (Å²) in [6, 6.07) is 17.2. The lowest BCUT2D eigenvalue weighted by Gasteiger charge is -2.07. The third-order valence-electron chi connectivity index (χ3n) is 3.40. The SMILES string of the molecule is Cc1cc(-c2cc(-c3ccccc3)[nH]c(=O)n2)ccc1N. The van der Waals surface area contributed by atoms with Crippen LogP contribution >= 0.6 is 0 Å². The largest absolute Gasteiger partial charge is 0.399 e. The van der Waals surface area contributed by atoms with E-state index < -0.39 is 0 Å². The maximum Gasteiger partial charge on any atom is 0.345 e. The summed E-state index contributed by atoms with van der Waals surface area (Å²) in [4.78, 5) is 18.6. The number of anilines is 1. The fourth-order valence-corrected chi connectivity index (χ4v) is 2.21. The summed E-state index contributed by atoms with van der Waals surface area (Å²) in [7, 11) is 0. The molecule has 21 heavy (non-hydrogen) atoms. The number of nitrogen functional groups attached to an aromatic ring is 1. The van der Waals surface area contributed by atoms with Crippen LogP contribution in [0.25, 0.3) is 22.5 Å². The second-order valence-electron chi connectivity index (χ2n) is 4.92. The standard InChI is InChI=1S/C17H15N3O/c1-11-9-13(7-8-14(11)18)16-10-15(19-17(21)20-16)12-5-3-2-4-6-12/h2-10H,18H2,1H3,(H,19,20,21). The first-order valence-corrected chi connectivity index (χ1v) is 6.67. The van der Waals surface area contributed by atoms with Gasteiger partial charge >= 0.3 is 5.69 Å². The Labute approximate surface area is 122 Å². The topological polar surface area (TPSA) is 71.8 Å². The van der Waals surface area contributed by atoms with Crippen molar-refractivity contribution >= 4 is 5.69 Å². The number of nitrogens with one attached hydrogen (secondary N) is 1. The van der Waals surface area contributed by atoms with Crippen molar-refractivity contribution in [2.45, 2.75) is 6.92 Å². The zero-order valence-electron chi connectivity index (χ0n) is 11.6. The summed E-state index contributed by atoms with van der Waals surface area (Å²) in [5.74, 6) is 0. The van der Waals surface area contributed by atoms with Crippen molar-refractivity contribution < 1.29 is 0 Å². The lowest BCUT2D eigenvalue weighted by Crippen LogP contribution is -2.12. The predicted octanol–water partition coefficient (Wildman–Crippen LogP) is 2.99. The van der Waals surface area contributed by atoms with E-state index >= 15 is 0 Å². The van der Waals surface area contributed by atoms with Crippen molar-refractivity contribution in [3.63, 3.8) is 0 Å². The van der Waals surface area contributed by atoms with Crippen LogP contribution in [0, 0.1) is 6.92 Å². The smallest absolute Gasteiger partial charge is 0.345 e. The average molecular weight is 277 g/mol. The van der Waals surface area contributed by atoms with Gasteiger partial charge in [-0.2, -0.15) is 4.98 Å². The van der Waals surface area contributed by atoms with Crippen molar-refractivity contribution in [2.24, 2.45) is 0 Å². The molecular weight excluding hydrogens is 262 g/mol. The number of aryl methyl sites for hydroxylation is 1. The van der Waals surface area contributed by atoms with Gasteiger partial charge in [-0.05, 0) is 36.2 Å². The van der Waals surface area contributed by atoms with Crippen LogP contribution < -0.4 is 11.4 Å². The Morgan fingerprint density at radius 3 is 2.48 bits per heavy atom. The molecule has 1 aromatic heterocycles. The Morgan fingerprint density at radius 2 is 1.76 bits per heavy atom. The van der Waals surface area contributed by atoms with Crippen molar-refractivity contribution in [1.29, 1.82) is 0 Å². The maximum absolute atomic E-state index is 11.8. The second kappa shape index (κ2) is 5.25. The van der Waals surface area contributed by atoms with E-state index in [4.69, 9.17) is 5.73 Å². The molecule has 4 heteroatoms. The van der Waals surface area contributed by atoms with E-state index in [0.29, 0.717) is 5.69 Å². The van der Waals surface area contributed by atoms with E-state index in [0.717, 1.165) is 28.1 Å². The minimum absolute atomic E-state index is 0.360. The van der Waals surface area contributed by atoms with Crippen LogP contribution in [0.1, 0.15) is 5.56 Å². The number of aromatic nitrogens is 2. The van der Waals surface area contributed by atoms with E-state index in [1.165, 1.54) is 0 Å². The first-order chi connectivity index (χ1) is 10.1. The molecule has 3 rings (SSSR count). The van der Waals surface area contributed by atoms with Crippen molar-refractivity contribution in [3.8, 4) is 22.5 Å². The molecule has 0 radical (unpaired) electrons. The number of nitrogens with two attached hydrogens (primary N) is 1. The molecule has 0 amide bonds. The van der Waals surface area contributed by atoms with E-state index in [1.54, 1.807) is 0 Å². The average Bonchev–Trinajstić information content (AvgIpc) is 2.50. The normalized spacial score (nSPS) is 10.5. The molecule has 0 aliphatic heterocycles. The zero-order valence-corrected chi connectivity index (χ0v) is 11.6. The quantitative estimate of drug-likeness (QED) is 0.707. The Kier molecular flexibility index (Phi) is 3.28. The molecule has 0 fully saturated rings. The number of aromatic amines is 1. The summed E-state index contributed by atoms with van der Waals surface area (Å²) in [5.41, 5.74) is 10.4. The molecule has 0 atom stereocenters. The number of benzene rings is 2. The van der Waals surface area contributed by atoms with Crippen molar-refractivity contribution in [1.82, 2.24) is 9.97 Å². The summed E-state index contributed by atoms with van der Waals surface area (Å²) >= 11 is 0. The number of hydrogen-bond donors (Lipinski definition) is 2. The van der Waals surface area contributed by atoms with Gasteiger partial charge in [0.2, 0.25) is 0 Å². The lowest BCUT2D eigenvalue weighted by molar-refractivity contribution is 1.09. The highest BCUT2D eigenvalue weighted by molar-refractivity contribution is 5.69. The van der Waals surface area contributed by atoms with E-state index in [1.807, 2.05) is 61.5 Å². The molecule has 4 nitrogen and oxygen atoms in total. The van der Waals surface area contributed by atoms with Crippen LogP contribution in [0.4, 0.5) is 5.69 Å². The third-order valence-corrected chi connectivity index (χ3v) is 3.40. The molecule has 0 aliphatic rings. The minimum Gasteiger partial charge on any atom is -0.399 e. The van der Waals surface area contributed by atoms with Gasteiger partial charge in [0.05, 0.1) is 11.4 Å². The molecule has 0 bridgehead atoms. The Morgan fingerprint density at radius 1 is 1.00 bits per heavy atom. The van der Waals surface area contributed by atoms with Gasteiger partial charge in [0, 0.05) is 11.3 Å². The molecule has 0 unspecified atom stereocenters. The first-order valence-electron chi connectivity index (χ1n) is 6.67. The van der Waals surface area contributed by atoms with Crippen molar-refractivity contribution in [2.75, 3.05) is 5.73 Å². The molecule has 0 saturated heterocycles. The van der Waals surface area contributed by atoms with Gasteiger partial charge in [-0.1, -0.05) is 36.4 Å². The fraction of sp³-hybridized carbons (Fsp3) is 0.0588. The van der Waals surface area contributed by atoms with Gasteiger partial charge in [0.1, 0.15) is 0 Å². The van der Waals surface area contributed by atoms with Crippen LogP contribution in [0.2, 0.25) is 0 Å². The van der Waals surface area contributed by atoms with Gasteiger partial charge in [-0.3, -0.25) is 0 Å². The number of rotatable bonds is 2. The summed E-state index contributed by atoms with van der Waals surface area (Å²) in [6.07, 6.45) is 0. The molecule has 0 aliphatic carbocycles. The monoisotopic (exact) mass is 277 g/mol. The van der Waals surface area contributed by atoms with Gasteiger partial charge in [0.15, 0.2) is 0 Å². The van der Waals surface area contributed by atoms with E-state index in [9.17, 15) is 4.79 Å². The molecule has 3 aromatic rings. The molecular formula is C17H15N3O. The van der Waals surface area contributed by atoms with Gasteiger partial charge < -0.3 is 10.7 Å². The highest BCUT2D eigenvalue weighted by atomic mass is 16.1. The second-order valence-corrected chi connectivity index (χ2v) is 4.92. The predicted molar refractivity (Wildman–Crippen MR) is 84.9 cm³/mol. The summed E-state index contributed by atoms with van der Waals surface area (Å²) in [5, 5.41) is 0. The Hall–Kier alpha value is -2.88. The Bertz CT molecular complexity index is 838. The highest BCUT2D eigenvalue weighted by Gasteiger charge is 2.06. The minimum atomic E-state index is -0.360. The summed E-state index contributed by atoms with van der Waals surface area (Å²) < 4.78 is 0. The van der Waals surface area contributed by atoms with Crippen LogP contribution in [-0.2, 0) is 0 Å². The molecule has 104 valence electrons. The molecule has 0 saturated carbocycles. The van der Waals surface area contributed by atoms with Crippen LogP contribution in [0.3, 0.4) is 0 Å². The van der Waals surface area contributed by atoms with E-state index in [-0.39, 0.29) is 5.69 Å². The lowest BCUT2D eigenvalue weighted by atomic mass is 10.0. The van der Waals surface area contributed by atoms with E-state index in [2.05, 4.69) is 9.97 Å². The molecule has 3 N–H and O–H groups in total. The Balaban J connectivity index is 2.14. The molecule has 0 spiro atoms. The number of nitrogens with zero attached hydrogens (tertiary/aromatic N) is 1. The van der Waals surface area contributed by atoms with Gasteiger partial charge in [0.25, 0.3) is 0 Å². The van der Waals surface area contributed by atoms with Crippen LogP contribution in [0.5, 0.6) is 0 Å². The van der Waals surface area contributed by atoms with Gasteiger partial charge in [-0.25, -0.2) is 4.79 Å². The summed E-state index contributed by atoms with van der Waals surface area (Å²) in [6.45, 7) is 1.93. The molecule has 2 aromatic carbocycles. The highest BCUT2D eigenvalue weighted by Crippen LogP contribution is 2.24.